The minimum atomic E-state index is -0.447. The SMILES string of the molecule is COC(=O)c1ccc(NC(=O)CSC2=NC(=O)/C(=C\c3ccccc3)N2c2ccccc2)cc1. The number of amidine groups is 1. The fourth-order valence-electron chi connectivity index (χ4n) is 3.28. The number of rotatable bonds is 6. The van der Waals surface area contributed by atoms with Crippen LogP contribution in [0.5, 0.6) is 0 Å². The third kappa shape index (κ3) is 5.41. The van der Waals surface area contributed by atoms with Crippen LogP contribution < -0.4 is 10.2 Å². The lowest BCUT2D eigenvalue weighted by molar-refractivity contribution is -0.114. The Kier molecular flexibility index (Phi) is 7.19. The summed E-state index contributed by atoms with van der Waals surface area (Å²) in [5.41, 5.74) is 3.01. The van der Waals surface area contributed by atoms with Crippen molar-refractivity contribution < 1.29 is 19.1 Å². The summed E-state index contributed by atoms with van der Waals surface area (Å²) in [4.78, 5) is 42.8. The molecule has 8 heteroatoms. The van der Waals surface area contributed by atoms with Crippen LogP contribution in [0.4, 0.5) is 11.4 Å². The molecule has 0 saturated carbocycles. The van der Waals surface area contributed by atoms with E-state index in [4.69, 9.17) is 0 Å². The summed E-state index contributed by atoms with van der Waals surface area (Å²) in [6, 6.07) is 25.4. The summed E-state index contributed by atoms with van der Waals surface area (Å²) in [6.07, 6.45) is 1.79. The molecule has 0 saturated heterocycles. The molecule has 1 aliphatic heterocycles. The molecule has 1 heterocycles. The second-order valence-electron chi connectivity index (χ2n) is 7.22. The number of carbonyl (C=O) groups is 3. The van der Waals surface area contributed by atoms with E-state index in [1.807, 2.05) is 60.7 Å². The molecule has 7 nitrogen and oxygen atoms in total. The number of benzene rings is 3. The Morgan fingerprint density at radius 2 is 1.62 bits per heavy atom. The molecule has 0 fully saturated rings. The number of nitrogens with one attached hydrogen (secondary N) is 1. The van der Waals surface area contributed by atoms with E-state index in [2.05, 4.69) is 15.0 Å². The highest BCUT2D eigenvalue weighted by Crippen LogP contribution is 2.31. The highest BCUT2D eigenvalue weighted by Gasteiger charge is 2.31. The molecule has 0 bridgehead atoms. The van der Waals surface area contributed by atoms with Gasteiger partial charge in [-0.2, -0.15) is 4.99 Å². The Hall–Kier alpha value is -4.17. The average molecular weight is 472 g/mol. The Labute approximate surface area is 201 Å². The topological polar surface area (TPSA) is 88.1 Å². The molecule has 4 rings (SSSR count). The number of nitrogens with zero attached hydrogens (tertiary/aromatic N) is 2. The van der Waals surface area contributed by atoms with Crippen molar-refractivity contribution in [1.82, 2.24) is 0 Å². The van der Waals surface area contributed by atoms with Gasteiger partial charge >= 0.3 is 5.97 Å². The number of hydrogen-bond donors (Lipinski definition) is 1. The van der Waals surface area contributed by atoms with Crippen LogP contribution in [-0.4, -0.2) is 35.8 Å². The number of anilines is 2. The molecule has 0 radical (unpaired) electrons. The van der Waals surface area contributed by atoms with E-state index in [1.165, 1.54) is 18.9 Å². The number of esters is 1. The number of para-hydroxylation sites is 1. The van der Waals surface area contributed by atoms with E-state index < -0.39 is 5.97 Å². The van der Waals surface area contributed by atoms with E-state index in [-0.39, 0.29) is 17.6 Å². The first-order valence-corrected chi connectivity index (χ1v) is 11.4. The first-order valence-electron chi connectivity index (χ1n) is 10.4. The summed E-state index contributed by atoms with van der Waals surface area (Å²) in [6.45, 7) is 0. The van der Waals surface area contributed by atoms with Gasteiger partial charge in [0.15, 0.2) is 5.17 Å². The maximum absolute atomic E-state index is 12.8. The maximum Gasteiger partial charge on any atom is 0.337 e. The molecule has 3 aromatic rings. The number of amides is 2. The third-order valence-corrected chi connectivity index (χ3v) is 5.83. The molecular formula is C26H21N3O4S. The lowest BCUT2D eigenvalue weighted by Gasteiger charge is -2.21. The van der Waals surface area contributed by atoms with Crippen molar-refractivity contribution in [2.45, 2.75) is 0 Å². The Bertz CT molecular complexity index is 1260. The summed E-state index contributed by atoms with van der Waals surface area (Å²) < 4.78 is 4.67. The average Bonchev–Trinajstić information content (AvgIpc) is 3.18. The normalized spacial score (nSPS) is 14.1. The van der Waals surface area contributed by atoms with E-state index in [1.54, 1.807) is 35.2 Å². The Balaban J connectivity index is 1.48. The molecule has 34 heavy (non-hydrogen) atoms. The van der Waals surface area contributed by atoms with Gasteiger partial charge in [-0.3, -0.25) is 14.5 Å². The minimum Gasteiger partial charge on any atom is -0.465 e. The van der Waals surface area contributed by atoms with Gasteiger partial charge in [0.05, 0.1) is 18.4 Å². The summed E-state index contributed by atoms with van der Waals surface area (Å²) in [5.74, 6) is -1.03. The fourth-order valence-corrected chi connectivity index (χ4v) is 4.10. The van der Waals surface area contributed by atoms with Crippen molar-refractivity contribution in [1.29, 1.82) is 0 Å². The molecule has 0 atom stereocenters. The second kappa shape index (κ2) is 10.6. The largest absolute Gasteiger partial charge is 0.465 e. The van der Waals surface area contributed by atoms with Gasteiger partial charge in [-0.1, -0.05) is 60.3 Å². The monoisotopic (exact) mass is 471 g/mol. The second-order valence-corrected chi connectivity index (χ2v) is 8.16. The third-order valence-electron chi connectivity index (χ3n) is 4.89. The van der Waals surface area contributed by atoms with Gasteiger partial charge in [-0.15, -0.1) is 0 Å². The van der Waals surface area contributed by atoms with Crippen LogP contribution in [0.15, 0.2) is 95.6 Å². The summed E-state index contributed by atoms with van der Waals surface area (Å²) in [7, 11) is 1.31. The molecule has 1 N–H and O–H groups in total. The van der Waals surface area contributed by atoms with E-state index in [0.29, 0.717) is 22.1 Å². The van der Waals surface area contributed by atoms with Crippen molar-refractivity contribution in [3.05, 3.63) is 102 Å². The lowest BCUT2D eigenvalue weighted by atomic mass is 10.1. The van der Waals surface area contributed by atoms with Gasteiger partial charge in [0.2, 0.25) is 5.91 Å². The van der Waals surface area contributed by atoms with Crippen LogP contribution in [0.25, 0.3) is 6.08 Å². The van der Waals surface area contributed by atoms with Crippen LogP contribution in [0.1, 0.15) is 15.9 Å². The molecule has 0 spiro atoms. The number of aliphatic imine (C=N–C) groups is 1. The smallest absolute Gasteiger partial charge is 0.337 e. The molecule has 0 unspecified atom stereocenters. The predicted octanol–water partition coefficient (Wildman–Crippen LogP) is 4.59. The summed E-state index contributed by atoms with van der Waals surface area (Å²) >= 11 is 1.17. The molecular weight excluding hydrogens is 450 g/mol. The number of hydrogen-bond acceptors (Lipinski definition) is 6. The zero-order valence-corrected chi connectivity index (χ0v) is 19.1. The van der Waals surface area contributed by atoms with Crippen LogP contribution in [-0.2, 0) is 14.3 Å². The maximum atomic E-state index is 12.8. The molecule has 3 aromatic carbocycles. The molecule has 0 aromatic heterocycles. The summed E-state index contributed by atoms with van der Waals surface area (Å²) in [5, 5.41) is 3.21. The van der Waals surface area contributed by atoms with Crippen LogP contribution in [0.3, 0.4) is 0 Å². The fraction of sp³-hybridized carbons (Fsp3) is 0.0769. The van der Waals surface area contributed by atoms with Crippen molar-refractivity contribution in [2.75, 3.05) is 23.1 Å². The zero-order chi connectivity index (χ0) is 23.9. The highest BCUT2D eigenvalue weighted by atomic mass is 32.2. The van der Waals surface area contributed by atoms with Gasteiger partial charge in [0.25, 0.3) is 5.91 Å². The number of carbonyl (C=O) groups excluding carboxylic acids is 3. The minimum absolute atomic E-state index is 0.0484. The molecule has 170 valence electrons. The Morgan fingerprint density at radius 3 is 2.26 bits per heavy atom. The van der Waals surface area contributed by atoms with Gasteiger partial charge in [0, 0.05) is 11.4 Å². The quantitative estimate of drug-likeness (QED) is 0.418. The Morgan fingerprint density at radius 1 is 0.971 bits per heavy atom. The molecule has 2 amide bonds. The van der Waals surface area contributed by atoms with Gasteiger partial charge in [0.1, 0.15) is 5.70 Å². The first-order chi connectivity index (χ1) is 16.5. The van der Waals surface area contributed by atoms with Crippen molar-refractivity contribution in [3.8, 4) is 0 Å². The molecule has 0 aliphatic carbocycles. The lowest BCUT2D eigenvalue weighted by Crippen LogP contribution is -2.26. The standard InChI is InChI=1S/C26H21N3O4S/c1-33-25(32)19-12-14-20(15-13-19)27-23(30)17-34-26-28-24(31)22(16-18-8-4-2-5-9-18)29(26)21-10-6-3-7-11-21/h2-16H,17H2,1H3,(H,27,30)/b22-16+. The van der Waals surface area contributed by atoms with Gasteiger partial charge in [-0.25, -0.2) is 4.79 Å². The molecule has 1 aliphatic rings. The zero-order valence-electron chi connectivity index (χ0n) is 18.3. The predicted molar refractivity (Wildman–Crippen MR) is 135 cm³/mol. The van der Waals surface area contributed by atoms with Crippen molar-refractivity contribution in [3.63, 3.8) is 0 Å². The van der Waals surface area contributed by atoms with Crippen LogP contribution >= 0.6 is 11.8 Å². The van der Waals surface area contributed by atoms with Crippen LogP contribution in [0.2, 0.25) is 0 Å². The van der Waals surface area contributed by atoms with Crippen molar-refractivity contribution >= 4 is 52.2 Å². The van der Waals surface area contributed by atoms with E-state index in [9.17, 15) is 14.4 Å². The first kappa shape index (κ1) is 23.0. The number of methoxy groups -OCH3 is 1. The van der Waals surface area contributed by atoms with E-state index in [0.717, 1.165) is 11.3 Å². The highest BCUT2D eigenvalue weighted by molar-refractivity contribution is 8.14. The van der Waals surface area contributed by atoms with Crippen LogP contribution in [0, 0.1) is 0 Å². The van der Waals surface area contributed by atoms with E-state index >= 15 is 0 Å². The van der Waals surface area contributed by atoms with Crippen molar-refractivity contribution in [2.24, 2.45) is 4.99 Å². The van der Waals surface area contributed by atoms with Gasteiger partial charge < -0.3 is 10.1 Å². The number of thioether (sulfide) groups is 1. The van der Waals surface area contributed by atoms with Gasteiger partial charge in [-0.05, 0) is 48.0 Å². The number of ether oxygens (including phenoxy) is 1.